The van der Waals surface area contributed by atoms with Crippen molar-refractivity contribution in [3.8, 4) is 17.2 Å². The number of ether oxygens (including phenoxy) is 3. The van der Waals surface area contributed by atoms with E-state index >= 15 is 0 Å². The van der Waals surface area contributed by atoms with Crippen molar-refractivity contribution in [2.75, 3.05) is 7.11 Å². The molecule has 2 aliphatic heterocycles. The molecule has 0 amide bonds. The second-order valence-corrected chi connectivity index (χ2v) is 8.38. The third-order valence-corrected chi connectivity index (χ3v) is 4.96. The van der Waals surface area contributed by atoms with Gasteiger partial charge in [-0.25, -0.2) is 0 Å². The SMILES string of the molecule is COc1cccc(/C=C2\CC(C)(C)Oc3c2ccc2c3C=CC(C)(C)O2)c1. The van der Waals surface area contributed by atoms with Crippen LogP contribution in [0.3, 0.4) is 0 Å². The highest BCUT2D eigenvalue weighted by molar-refractivity contribution is 5.88. The van der Waals surface area contributed by atoms with Crippen LogP contribution in [-0.2, 0) is 0 Å². The summed E-state index contributed by atoms with van der Waals surface area (Å²) in [6.07, 6.45) is 7.29. The predicted octanol–water partition coefficient (Wildman–Crippen LogP) is 5.98. The number of benzene rings is 2. The zero-order valence-electron chi connectivity index (χ0n) is 16.6. The van der Waals surface area contributed by atoms with Crippen LogP contribution in [0.1, 0.15) is 50.8 Å². The summed E-state index contributed by atoms with van der Waals surface area (Å²) in [4.78, 5) is 0. The fourth-order valence-corrected chi connectivity index (χ4v) is 3.72. The molecule has 2 aliphatic rings. The first-order chi connectivity index (χ1) is 12.8. The smallest absolute Gasteiger partial charge is 0.138 e. The molecule has 27 heavy (non-hydrogen) atoms. The number of rotatable bonds is 2. The van der Waals surface area contributed by atoms with Gasteiger partial charge in [-0.05, 0) is 75.2 Å². The van der Waals surface area contributed by atoms with E-state index in [-0.39, 0.29) is 11.2 Å². The quantitative estimate of drug-likeness (QED) is 0.657. The van der Waals surface area contributed by atoms with E-state index in [9.17, 15) is 0 Å². The zero-order valence-corrected chi connectivity index (χ0v) is 16.6. The summed E-state index contributed by atoms with van der Waals surface area (Å²) >= 11 is 0. The maximum Gasteiger partial charge on any atom is 0.138 e. The molecule has 0 N–H and O–H groups in total. The van der Waals surface area contributed by atoms with Crippen molar-refractivity contribution < 1.29 is 14.2 Å². The highest BCUT2D eigenvalue weighted by Crippen LogP contribution is 2.48. The Morgan fingerprint density at radius 3 is 2.63 bits per heavy atom. The molecule has 0 radical (unpaired) electrons. The summed E-state index contributed by atoms with van der Waals surface area (Å²) in [5.74, 6) is 2.64. The highest BCUT2D eigenvalue weighted by Gasteiger charge is 2.34. The number of fused-ring (bicyclic) bond motifs is 3. The number of hydrogen-bond acceptors (Lipinski definition) is 3. The summed E-state index contributed by atoms with van der Waals surface area (Å²) < 4.78 is 17.9. The van der Waals surface area contributed by atoms with Crippen LogP contribution >= 0.6 is 0 Å². The summed E-state index contributed by atoms with van der Waals surface area (Å²) in [6.45, 7) is 8.38. The number of methoxy groups -OCH3 is 1. The monoisotopic (exact) mass is 362 g/mol. The molecule has 0 unspecified atom stereocenters. The standard InChI is InChI=1S/C24H26O3/c1-23(2)12-11-20-21(26-23)10-9-19-17(15-24(3,4)27-22(19)20)13-16-7-6-8-18(14-16)25-5/h6-14H,15H2,1-5H3/b17-13+. The third-order valence-electron chi connectivity index (χ3n) is 4.96. The molecule has 2 aromatic rings. The van der Waals surface area contributed by atoms with E-state index in [1.165, 1.54) is 5.57 Å². The molecular weight excluding hydrogens is 336 g/mol. The molecule has 2 aromatic carbocycles. The van der Waals surface area contributed by atoms with Gasteiger partial charge in [0.15, 0.2) is 0 Å². The Morgan fingerprint density at radius 2 is 1.85 bits per heavy atom. The van der Waals surface area contributed by atoms with Crippen molar-refractivity contribution in [2.45, 2.75) is 45.3 Å². The lowest BCUT2D eigenvalue weighted by Crippen LogP contribution is -2.33. The normalized spacial score (nSPS) is 20.3. The minimum Gasteiger partial charge on any atom is -0.497 e. The van der Waals surface area contributed by atoms with Gasteiger partial charge in [-0.3, -0.25) is 0 Å². The van der Waals surface area contributed by atoms with Crippen LogP contribution < -0.4 is 14.2 Å². The lowest BCUT2D eigenvalue weighted by atomic mass is 9.86. The molecule has 140 valence electrons. The van der Waals surface area contributed by atoms with Crippen molar-refractivity contribution >= 4 is 17.7 Å². The van der Waals surface area contributed by atoms with Crippen LogP contribution in [0, 0.1) is 0 Å². The van der Waals surface area contributed by atoms with Gasteiger partial charge in [0.05, 0.1) is 12.7 Å². The van der Waals surface area contributed by atoms with Gasteiger partial charge in [0.25, 0.3) is 0 Å². The van der Waals surface area contributed by atoms with Crippen LogP contribution in [0.15, 0.2) is 42.5 Å². The van der Waals surface area contributed by atoms with Crippen molar-refractivity contribution in [3.05, 3.63) is 59.2 Å². The van der Waals surface area contributed by atoms with Gasteiger partial charge >= 0.3 is 0 Å². The molecule has 0 saturated carbocycles. The predicted molar refractivity (Wildman–Crippen MR) is 110 cm³/mol. The molecule has 0 spiro atoms. The van der Waals surface area contributed by atoms with Crippen LogP contribution in [0.2, 0.25) is 0 Å². The molecule has 4 rings (SSSR count). The van der Waals surface area contributed by atoms with Gasteiger partial charge in [-0.2, -0.15) is 0 Å². The Kier molecular flexibility index (Phi) is 4.06. The van der Waals surface area contributed by atoms with E-state index in [2.05, 4.69) is 70.2 Å². The molecule has 3 heteroatoms. The molecule has 0 aliphatic carbocycles. The molecule has 0 fully saturated rings. The molecular formula is C24H26O3. The largest absolute Gasteiger partial charge is 0.497 e. The Bertz CT molecular complexity index is 948. The second kappa shape index (κ2) is 6.19. The lowest BCUT2D eigenvalue weighted by Gasteiger charge is -2.37. The average Bonchev–Trinajstić information content (AvgIpc) is 2.59. The topological polar surface area (TPSA) is 27.7 Å². The maximum absolute atomic E-state index is 6.40. The maximum atomic E-state index is 6.40. The third kappa shape index (κ3) is 3.46. The summed E-state index contributed by atoms with van der Waals surface area (Å²) in [5.41, 5.74) is 3.95. The molecule has 0 aromatic heterocycles. The van der Waals surface area contributed by atoms with Crippen molar-refractivity contribution in [1.29, 1.82) is 0 Å². The van der Waals surface area contributed by atoms with Gasteiger partial charge < -0.3 is 14.2 Å². The van der Waals surface area contributed by atoms with E-state index in [4.69, 9.17) is 14.2 Å². The summed E-state index contributed by atoms with van der Waals surface area (Å²) in [7, 11) is 1.69. The van der Waals surface area contributed by atoms with Gasteiger partial charge in [0.2, 0.25) is 0 Å². The van der Waals surface area contributed by atoms with Crippen LogP contribution in [0.5, 0.6) is 17.2 Å². The Labute approximate surface area is 161 Å². The average molecular weight is 362 g/mol. The Balaban J connectivity index is 1.84. The van der Waals surface area contributed by atoms with Crippen molar-refractivity contribution in [1.82, 2.24) is 0 Å². The van der Waals surface area contributed by atoms with Crippen molar-refractivity contribution in [3.63, 3.8) is 0 Å². The number of hydrogen-bond donors (Lipinski definition) is 0. The van der Waals surface area contributed by atoms with E-state index < -0.39 is 0 Å². The first kappa shape index (κ1) is 17.7. The van der Waals surface area contributed by atoms with Crippen LogP contribution in [0.25, 0.3) is 17.7 Å². The van der Waals surface area contributed by atoms with Gasteiger partial charge in [-0.1, -0.05) is 18.2 Å². The zero-order chi connectivity index (χ0) is 19.2. The fourth-order valence-electron chi connectivity index (χ4n) is 3.72. The molecule has 0 saturated heterocycles. The summed E-state index contributed by atoms with van der Waals surface area (Å²) in [5, 5.41) is 0. The minimum absolute atomic E-state index is 0.284. The van der Waals surface area contributed by atoms with Crippen LogP contribution in [-0.4, -0.2) is 18.3 Å². The van der Waals surface area contributed by atoms with Crippen molar-refractivity contribution in [2.24, 2.45) is 0 Å². The molecule has 0 bridgehead atoms. The second-order valence-electron chi connectivity index (χ2n) is 8.38. The van der Waals surface area contributed by atoms with Gasteiger partial charge in [0, 0.05) is 12.0 Å². The first-order valence-corrected chi connectivity index (χ1v) is 9.36. The first-order valence-electron chi connectivity index (χ1n) is 9.36. The Hall–Kier alpha value is -2.68. The van der Waals surface area contributed by atoms with Gasteiger partial charge in [-0.15, -0.1) is 0 Å². The van der Waals surface area contributed by atoms with Gasteiger partial charge in [0.1, 0.15) is 28.5 Å². The van der Waals surface area contributed by atoms with E-state index in [0.717, 1.165) is 40.4 Å². The van der Waals surface area contributed by atoms with E-state index in [1.54, 1.807) is 7.11 Å². The fraction of sp³-hybridized carbons (Fsp3) is 0.333. The van der Waals surface area contributed by atoms with E-state index in [1.807, 2.05) is 12.1 Å². The van der Waals surface area contributed by atoms with Crippen LogP contribution in [0.4, 0.5) is 0 Å². The molecule has 2 heterocycles. The Morgan fingerprint density at radius 1 is 1.04 bits per heavy atom. The molecule has 0 atom stereocenters. The molecule has 3 nitrogen and oxygen atoms in total. The van der Waals surface area contributed by atoms with E-state index in [0.29, 0.717) is 0 Å². The minimum atomic E-state index is -0.301. The summed E-state index contributed by atoms with van der Waals surface area (Å²) in [6, 6.07) is 12.3. The lowest BCUT2D eigenvalue weighted by molar-refractivity contribution is 0.105. The highest BCUT2D eigenvalue weighted by atomic mass is 16.5.